The number of aliphatic hydroxyl groups is 1. The lowest BCUT2D eigenvalue weighted by atomic mass is 10.0. The Morgan fingerprint density at radius 1 is 1.14 bits per heavy atom. The molecule has 2 aromatic heterocycles. The minimum atomic E-state index is -0.607. The van der Waals surface area contributed by atoms with E-state index in [1.807, 2.05) is 29.1 Å². The zero-order chi connectivity index (χ0) is 19.3. The summed E-state index contributed by atoms with van der Waals surface area (Å²) >= 11 is 0. The number of aromatic nitrogens is 3. The van der Waals surface area contributed by atoms with Crippen molar-refractivity contribution in [1.29, 1.82) is 0 Å². The highest BCUT2D eigenvalue weighted by molar-refractivity contribution is 5.92. The first kappa shape index (κ1) is 18.3. The summed E-state index contributed by atoms with van der Waals surface area (Å²) in [7, 11) is 0. The van der Waals surface area contributed by atoms with Crippen molar-refractivity contribution in [3.63, 3.8) is 0 Å². The molecule has 2 atom stereocenters. The molecule has 0 bridgehead atoms. The summed E-state index contributed by atoms with van der Waals surface area (Å²) in [5, 5.41) is 17.6. The molecule has 3 heterocycles. The van der Waals surface area contributed by atoms with Gasteiger partial charge in [0.2, 0.25) is 0 Å². The third-order valence-corrected chi connectivity index (χ3v) is 4.99. The number of pyridine rings is 1. The van der Waals surface area contributed by atoms with E-state index in [9.17, 15) is 9.90 Å². The van der Waals surface area contributed by atoms with Gasteiger partial charge in [-0.15, -0.1) is 0 Å². The Labute approximate surface area is 163 Å². The van der Waals surface area contributed by atoms with Crippen molar-refractivity contribution >= 4 is 5.91 Å². The van der Waals surface area contributed by atoms with E-state index >= 15 is 0 Å². The Morgan fingerprint density at radius 2 is 2.00 bits per heavy atom. The highest BCUT2D eigenvalue weighted by Gasteiger charge is 2.29. The highest BCUT2D eigenvalue weighted by atomic mass is 16.3. The van der Waals surface area contributed by atoms with Gasteiger partial charge in [0.05, 0.1) is 17.8 Å². The van der Waals surface area contributed by atoms with Crippen molar-refractivity contribution in [3.05, 3.63) is 78.4 Å². The number of nitrogens with one attached hydrogen (secondary N) is 1. The minimum Gasteiger partial charge on any atom is -0.390 e. The van der Waals surface area contributed by atoms with Gasteiger partial charge in [-0.3, -0.25) is 14.7 Å². The molecule has 1 aromatic carbocycles. The van der Waals surface area contributed by atoms with Gasteiger partial charge in [0, 0.05) is 38.2 Å². The van der Waals surface area contributed by atoms with Crippen molar-refractivity contribution in [2.24, 2.45) is 0 Å². The van der Waals surface area contributed by atoms with Crippen LogP contribution in [0.2, 0.25) is 0 Å². The van der Waals surface area contributed by atoms with E-state index in [1.165, 1.54) is 5.56 Å². The first-order chi connectivity index (χ1) is 13.7. The predicted molar refractivity (Wildman–Crippen MR) is 105 cm³/mol. The summed E-state index contributed by atoms with van der Waals surface area (Å²) in [5.74, 6) is -0.243. The van der Waals surface area contributed by atoms with E-state index in [0.29, 0.717) is 18.7 Å². The van der Waals surface area contributed by atoms with Crippen LogP contribution in [0.3, 0.4) is 0 Å². The topological polar surface area (TPSA) is 83.3 Å². The highest BCUT2D eigenvalue weighted by Crippen LogP contribution is 2.16. The third kappa shape index (κ3) is 4.27. The van der Waals surface area contributed by atoms with Crippen LogP contribution in [0, 0.1) is 0 Å². The van der Waals surface area contributed by atoms with Gasteiger partial charge in [0.25, 0.3) is 5.91 Å². The molecule has 0 radical (unpaired) electrons. The molecule has 2 N–H and O–H groups in total. The summed E-state index contributed by atoms with van der Waals surface area (Å²) in [6.07, 6.45) is 5.35. The molecule has 0 spiro atoms. The van der Waals surface area contributed by atoms with Gasteiger partial charge in [-0.1, -0.05) is 18.2 Å². The number of likely N-dealkylation sites (tertiary alicyclic amines) is 1. The third-order valence-electron chi connectivity index (χ3n) is 4.99. The number of carbonyl (C=O) groups excluding carboxylic acids is 1. The van der Waals surface area contributed by atoms with Gasteiger partial charge in [0.1, 0.15) is 5.69 Å². The zero-order valence-electron chi connectivity index (χ0n) is 15.5. The number of piperidine rings is 1. The molecule has 7 nitrogen and oxygen atoms in total. The molecule has 0 saturated carbocycles. The molecule has 0 aliphatic carbocycles. The van der Waals surface area contributed by atoms with E-state index < -0.39 is 6.10 Å². The average molecular weight is 377 g/mol. The van der Waals surface area contributed by atoms with Crippen LogP contribution in [0.5, 0.6) is 0 Å². The summed E-state index contributed by atoms with van der Waals surface area (Å²) in [6.45, 7) is 2.09. The SMILES string of the molecule is O=C(N[C@@H]1CCN(Cc2ccc(-n3cccn3)cc2)C[C@H]1O)c1ccccn1. The van der Waals surface area contributed by atoms with E-state index in [-0.39, 0.29) is 11.9 Å². The number of amides is 1. The van der Waals surface area contributed by atoms with E-state index in [4.69, 9.17) is 0 Å². The number of carbonyl (C=O) groups is 1. The first-order valence-corrected chi connectivity index (χ1v) is 9.40. The maximum Gasteiger partial charge on any atom is 0.270 e. The molecule has 28 heavy (non-hydrogen) atoms. The standard InChI is InChI=1S/C21H23N5O2/c27-20-15-25(13-9-18(20)24-21(28)19-4-1-2-10-22-19)14-16-5-7-17(8-6-16)26-12-3-11-23-26/h1-8,10-12,18,20,27H,9,13-15H2,(H,24,28)/t18-,20-/m1/s1. The lowest BCUT2D eigenvalue weighted by Gasteiger charge is -2.36. The van der Waals surface area contributed by atoms with Crippen LogP contribution >= 0.6 is 0 Å². The van der Waals surface area contributed by atoms with Crippen LogP contribution < -0.4 is 5.32 Å². The molecule has 4 rings (SSSR count). The maximum absolute atomic E-state index is 12.3. The zero-order valence-corrected chi connectivity index (χ0v) is 15.5. The maximum atomic E-state index is 12.3. The number of hydrogen-bond acceptors (Lipinski definition) is 5. The van der Waals surface area contributed by atoms with Crippen LogP contribution in [0.15, 0.2) is 67.1 Å². The van der Waals surface area contributed by atoms with Crippen LogP contribution in [0.25, 0.3) is 5.69 Å². The Kier molecular flexibility index (Phi) is 5.45. The Balaban J connectivity index is 1.31. The summed E-state index contributed by atoms with van der Waals surface area (Å²) in [5.41, 5.74) is 2.57. The van der Waals surface area contributed by atoms with E-state index in [1.54, 1.807) is 30.6 Å². The number of aliphatic hydroxyl groups excluding tert-OH is 1. The molecule has 0 unspecified atom stereocenters. The second-order valence-electron chi connectivity index (χ2n) is 7.00. The fourth-order valence-corrected chi connectivity index (χ4v) is 3.48. The quantitative estimate of drug-likeness (QED) is 0.706. The van der Waals surface area contributed by atoms with E-state index in [2.05, 4.69) is 32.4 Å². The van der Waals surface area contributed by atoms with Crippen molar-refractivity contribution < 1.29 is 9.90 Å². The average Bonchev–Trinajstić information content (AvgIpc) is 3.26. The summed E-state index contributed by atoms with van der Waals surface area (Å²) in [4.78, 5) is 18.5. The van der Waals surface area contributed by atoms with Crippen LogP contribution in [0.1, 0.15) is 22.5 Å². The molecule has 1 aliphatic rings. The Bertz CT molecular complexity index is 896. The number of benzene rings is 1. The van der Waals surface area contributed by atoms with Crippen molar-refractivity contribution in [2.45, 2.75) is 25.1 Å². The predicted octanol–water partition coefficient (Wildman–Crippen LogP) is 1.63. The van der Waals surface area contributed by atoms with Gasteiger partial charge >= 0.3 is 0 Å². The summed E-state index contributed by atoms with van der Waals surface area (Å²) < 4.78 is 1.82. The second kappa shape index (κ2) is 8.33. The summed E-state index contributed by atoms with van der Waals surface area (Å²) in [6, 6.07) is 15.1. The van der Waals surface area contributed by atoms with Gasteiger partial charge < -0.3 is 10.4 Å². The lowest BCUT2D eigenvalue weighted by molar-refractivity contribution is 0.0348. The van der Waals surface area contributed by atoms with Crippen molar-refractivity contribution in [3.8, 4) is 5.69 Å². The first-order valence-electron chi connectivity index (χ1n) is 9.40. The fraction of sp³-hybridized carbons (Fsp3) is 0.286. The van der Waals surface area contributed by atoms with Crippen molar-refractivity contribution in [2.75, 3.05) is 13.1 Å². The largest absolute Gasteiger partial charge is 0.390 e. The van der Waals surface area contributed by atoms with Gasteiger partial charge in [-0.2, -0.15) is 5.10 Å². The van der Waals surface area contributed by atoms with Gasteiger partial charge in [-0.25, -0.2) is 4.68 Å². The number of rotatable bonds is 5. The van der Waals surface area contributed by atoms with Crippen LogP contribution in [0.4, 0.5) is 0 Å². The molecule has 144 valence electrons. The molecular weight excluding hydrogens is 354 g/mol. The van der Waals surface area contributed by atoms with Gasteiger partial charge in [-0.05, 0) is 42.3 Å². The molecule has 1 amide bonds. The van der Waals surface area contributed by atoms with Gasteiger partial charge in [0.15, 0.2) is 0 Å². The second-order valence-corrected chi connectivity index (χ2v) is 7.00. The molecule has 7 heteroatoms. The molecule has 3 aromatic rings. The number of nitrogens with zero attached hydrogens (tertiary/aromatic N) is 4. The Morgan fingerprint density at radius 3 is 2.68 bits per heavy atom. The molecule has 1 fully saturated rings. The van der Waals surface area contributed by atoms with Crippen LogP contribution in [-0.4, -0.2) is 55.9 Å². The minimum absolute atomic E-state index is 0.243. The molecular formula is C21H23N5O2. The monoisotopic (exact) mass is 377 g/mol. The normalized spacial score (nSPS) is 20.0. The molecule has 1 saturated heterocycles. The smallest absolute Gasteiger partial charge is 0.270 e. The number of β-amino-alcohol motifs (C(OH)–C–C–N with tert-alkyl or cyclic N) is 1. The fourth-order valence-electron chi connectivity index (χ4n) is 3.48. The van der Waals surface area contributed by atoms with E-state index in [0.717, 1.165) is 18.8 Å². The lowest BCUT2D eigenvalue weighted by Crippen LogP contribution is -2.53. The Hall–Kier alpha value is -3.03. The van der Waals surface area contributed by atoms with Crippen molar-refractivity contribution in [1.82, 2.24) is 25.0 Å². The van der Waals surface area contributed by atoms with Crippen LogP contribution in [-0.2, 0) is 6.54 Å². The number of hydrogen-bond donors (Lipinski definition) is 2. The molecule has 1 aliphatic heterocycles.